The van der Waals surface area contributed by atoms with Crippen molar-refractivity contribution in [1.29, 1.82) is 0 Å². The van der Waals surface area contributed by atoms with E-state index in [1.54, 1.807) is 11.3 Å². The lowest BCUT2D eigenvalue weighted by atomic mass is 10.3. The van der Waals surface area contributed by atoms with E-state index in [2.05, 4.69) is 37.6 Å². The Balaban J connectivity index is 1.58. The lowest BCUT2D eigenvalue weighted by molar-refractivity contribution is 0.335. The molecule has 1 N–H and O–H groups in total. The highest BCUT2D eigenvalue weighted by molar-refractivity contribution is 9.11. The monoisotopic (exact) mass is 288 g/mol. The largest absolute Gasteiger partial charge is 0.311 e. The summed E-state index contributed by atoms with van der Waals surface area (Å²) in [5, 5.41) is 5.69. The lowest BCUT2D eigenvalue weighted by Crippen LogP contribution is -2.29. The van der Waals surface area contributed by atoms with E-state index in [1.807, 2.05) is 0 Å². The van der Waals surface area contributed by atoms with Gasteiger partial charge >= 0.3 is 0 Å². The lowest BCUT2D eigenvalue weighted by Gasteiger charge is -2.14. The molecule has 0 spiro atoms. The van der Waals surface area contributed by atoms with Gasteiger partial charge in [0, 0.05) is 19.6 Å². The Kier molecular flexibility index (Phi) is 4.62. The Morgan fingerprint density at radius 1 is 1.40 bits per heavy atom. The predicted octanol–water partition coefficient (Wildman–Crippen LogP) is 2.70. The van der Waals surface area contributed by atoms with Crippen molar-refractivity contribution in [2.24, 2.45) is 0 Å². The first-order valence-corrected chi connectivity index (χ1v) is 7.18. The summed E-state index contributed by atoms with van der Waals surface area (Å²) in [5.41, 5.74) is 1.38. The van der Waals surface area contributed by atoms with Crippen LogP contribution < -0.4 is 5.32 Å². The number of thiophene rings is 1. The van der Waals surface area contributed by atoms with E-state index in [0.29, 0.717) is 0 Å². The molecule has 0 bridgehead atoms. The third kappa shape index (κ3) is 3.87. The summed E-state index contributed by atoms with van der Waals surface area (Å²) in [5.74, 6) is 0. The van der Waals surface area contributed by atoms with Crippen molar-refractivity contribution in [3.8, 4) is 0 Å². The molecule has 1 saturated heterocycles. The van der Waals surface area contributed by atoms with Crippen LogP contribution in [0.3, 0.4) is 0 Å². The standard InChI is InChI=1S/C11H17BrN2S/c12-11-7-10(9-15-11)8-13-3-6-14-4-1-2-5-14/h7,9,13H,1-6,8H2. The van der Waals surface area contributed by atoms with Crippen LogP contribution in [0, 0.1) is 0 Å². The topological polar surface area (TPSA) is 15.3 Å². The first-order valence-electron chi connectivity index (χ1n) is 5.50. The number of hydrogen-bond donors (Lipinski definition) is 1. The fraction of sp³-hybridized carbons (Fsp3) is 0.636. The van der Waals surface area contributed by atoms with Crippen molar-refractivity contribution in [2.75, 3.05) is 26.2 Å². The number of rotatable bonds is 5. The zero-order valence-corrected chi connectivity index (χ0v) is 11.2. The van der Waals surface area contributed by atoms with E-state index >= 15 is 0 Å². The minimum absolute atomic E-state index is 0.996. The van der Waals surface area contributed by atoms with Crippen molar-refractivity contribution in [3.05, 3.63) is 20.8 Å². The molecule has 2 nitrogen and oxygen atoms in total. The van der Waals surface area contributed by atoms with Crippen LogP contribution in [-0.2, 0) is 6.54 Å². The molecule has 0 radical (unpaired) electrons. The van der Waals surface area contributed by atoms with Crippen LogP contribution in [0.4, 0.5) is 0 Å². The van der Waals surface area contributed by atoms with Gasteiger partial charge in [-0.15, -0.1) is 11.3 Å². The smallest absolute Gasteiger partial charge is 0.0701 e. The van der Waals surface area contributed by atoms with Gasteiger partial charge < -0.3 is 10.2 Å². The van der Waals surface area contributed by atoms with Crippen molar-refractivity contribution < 1.29 is 0 Å². The fourth-order valence-electron chi connectivity index (χ4n) is 1.91. The molecule has 1 aromatic rings. The quantitative estimate of drug-likeness (QED) is 0.838. The second-order valence-corrected chi connectivity index (χ2v) is 6.28. The molecule has 0 amide bonds. The molecule has 15 heavy (non-hydrogen) atoms. The van der Waals surface area contributed by atoms with Gasteiger partial charge in [0.25, 0.3) is 0 Å². The van der Waals surface area contributed by atoms with Gasteiger partial charge in [0.1, 0.15) is 0 Å². The van der Waals surface area contributed by atoms with E-state index in [9.17, 15) is 0 Å². The Hall–Kier alpha value is 0.1000. The van der Waals surface area contributed by atoms with Gasteiger partial charge in [-0.1, -0.05) is 0 Å². The fourth-order valence-corrected chi connectivity index (χ4v) is 3.12. The predicted molar refractivity (Wildman–Crippen MR) is 69.4 cm³/mol. The second-order valence-electron chi connectivity index (χ2n) is 3.98. The maximum atomic E-state index is 3.49. The summed E-state index contributed by atoms with van der Waals surface area (Å²) in [6.45, 7) is 5.89. The Morgan fingerprint density at radius 3 is 2.87 bits per heavy atom. The molecule has 0 aromatic carbocycles. The number of nitrogens with one attached hydrogen (secondary N) is 1. The van der Waals surface area contributed by atoms with Gasteiger partial charge in [-0.25, -0.2) is 0 Å². The van der Waals surface area contributed by atoms with Crippen LogP contribution in [0.1, 0.15) is 18.4 Å². The Morgan fingerprint density at radius 2 is 2.20 bits per heavy atom. The molecule has 1 aliphatic rings. The van der Waals surface area contributed by atoms with Crippen LogP contribution in [0.2, 0.25) is 0 Å². The van der Waals surface area contributed by atoms with Gasteiger partial charge in [0.15, 0.2) is 0 Å². The normalized spacial score (nSPS) is 17.4. The van der Waals surface area contributed by atoms with Crippen molar-refractivity contribution in [3.63, 3.8) is 0 Å². The highest BCUT2D eigenvalue weighted by Gasteiger charge is 2.09. The van der Waals surface area contributed by atoms with Gasteiger partial charge in [-0.2, -0.15) is 0 Å². The van der Waals surface area contributed by atoms with Crippen LogP contribution in [0.15, 0.2) is 15.2 Å². The summed E-state index contributed by atoms with van der Waals surface area (Å²) in [4.78, 5) is 2.54. The van der Waals surface area contributed by atoms with E-state index < -0.39 is 0 Å². The third-order valence-electron chi connectivity index (χ3n) is 2.75. The molecule has 0 aliphatic carbocycles. The molecule has 2 heterocycles. The van der Waals surface area contributed by atoms with E-state index in [-0.39, 0.29) is 0 Å². The Bertz CT molecular complexity index is 295. The molecule has 1 aliphatic heterocycles. The molecule has 0 saturated carbocycles. The molecule has 0 atom stereocenters. The number of nitrogens with zero attached hydrogens (tertiary/aromatic N) is 1. The summed E-state index contributed by atoms with van der Waals surface area (Å²) in [6.07, 6.45) is 2.77. The molecule has 1 aromatic heterocycles. The summed E-state index contributed by atoms with van der Waals surface area (Å²) in [7, 11) is 0. The Labute approximate surface area is 104 Å². The number of hydrogen-bond acceptors (Lipinski definition) is 3. The van der Waals surface area contributed by atoms with Gasteiger partial charge in [-0.3, -0.25) is 0 Å². The van der Waals surface area contributed by atoms with Gasteiger partial charge in [0.05, 0.1) is 3.79 Å². The van der Waals surface area contributed by atoms with E-state index in [1.165, 1.54) is 41.8 Å². The van der Waals surface area contributed by atoms with Gasteiger partial charge in [-0.05, 0) is 58.9 Å². The molecular weight excluding hydrogens is 272 g/mol. The summed E-state index contributed by atoms with van der Waals surface area (Å²) in [6, 6.07) is 2.19. The van der Waals surface area contributed by atoms with Crippen LogP contribution >= 0.6 is 27.3 Å². The molecule has 2 rings (SSSR count). The molecule has 4 heteroatoms. The zero-order valence-electron chi connectivity index (χ0n) is 8.84. The van der Waals surface area contributed by atoms with Crippen molar-refractivity contribution in [2.45, 2.75) is 19.4 Å². The highest BCUT2D eigenvalue weighted by atomic mass is 79.9. The minimum Gasteiger partial charge on any atom is -0.311 e. The average molecular weight is 289 g/mol. The van der Waals surface area contributed by atoms with Crippen LogP contribution in [0.5, 0.6) is 0 Å². The SMILES string of the molecule is Brc1cc(CNCCN2CCCC2)cs1. The maximum absolute atomic E-state index is 3.49. The minimum atomic E-state index is 0.996. The van der Waals surface area contributed by atoms with E-state index in [0.717, 1.165) is 13.1 Å². The number of halogens is 1. The number of likely N-dealkylation sites (tertiary alicyclic amines) is 1. The summed E-state index contributed by atoms with van der Waals surface area (Å²) < 4.78 is 1.22. The van der Waals surface area contributed by atoms with E-state index in [4.69, 9.17) is 0 Å². The summed E-state index contributed by atoms with van der Waals surface area (Å²) >= 11 is 5.23. The maximum Gasteiger partial charge on any atom is 0.0701 e. The highest BCUT2D eigenvalue weighted by Crippen LogP contribution is 2.20. The van der Waals surface area contributed by atoms with Gasteiger partial charge in [0.2, 0.25) is 0 Å². The van der Waals surface area contributed by atoms with Crippen LogP contribution in [-0.4, -0.2) is 31.1 Å². The second kappa shape index (κ2) is 5.99. The first-order chi connectivity index (χ1) is 7.34. The zero-order chi connectivity index (χ0) is 10.5. The molecular formula is C11H17BrN2S. The van der Waals surface area contributed by atoms with Crippen molar-refractivity contribution in [1.82, 2.24) is 10.2 Å². The molecule has 84 valence electrons. The third-order valence-corrected chi connectivity index (χ3v) is 4.31. The van der Waals surface area contributed by atoms with Crippen molar-refractivity contribution >= 4 is 27.3 Å². The van der Waals surface area contributed by atoms with Crippen LogP contribution in [0.25, 0.3) is 0 Å². The molecule has 1 fully saturated rings. The molecule has 0 unspecified atom stereocenters. The average Bonchev–Trinajstić information content (AvgIpc) is 2.84. The first kappa shape index (κ1) is 11.6.